The fourth-order valence-corrected chi connectivity index (χ4v) is 9.82. The average Bonchev–Trinajstić information content (AvgIpc) is 3.82. The lowest BCUT2D eigenvalue weighted by Crippen LogP contribution is -2.46. The number of methoxy groups -OCH3 is 1. The van der Waals surface area contributed by atoms with Gasteiger partial charge in [-0.15, -0.1) is 0 Å². The van der Waals surface area contributed by atoms with Crippen LogP contribution in [0.4, 0.5) is 0 Å². The number of rotatable bonds is 8. The monoisotopic (exact) mass is 718 g/mol. The van der Waals surface area contributed by atoms with Crippen molar-refractivity contribution < 1.29 is 27.5 Å². The van der Waals surface area contributed by atoms with Gasteiger partial charge in [-0.3, -0.25) is 24.3 Å². The Hall–Kier alpha value is -3.81. The molecule has 3 aliphatic heterocycles. The number of nitrogens with one attached hydrogen (secondary N) is 1. The maximum atomic E-state index is 14.5. The molecule has 1 saturated heterocycles. The zero-order chi connectivity index (χ0) is 36.4. The molecule has 0 bridgehead atoms. The van der Waals surface area contributed by atoms with Crippen molar-refractivity contribution in [3.05, 3.63) is 46.2 Å². The Morgan fingerprint density at radius 2 is 1.75 bits per heavy atom. The first-order chi connectivity index (χ1) is 24.3. The second-order valence-corrected chi connectivity index (χ2v) is 17.2. The van der Waals surface area contributed by atoms with Gasteiger partial charge in [0.2, 0.25) is 5.91 Å². The Balaban J connectivity index is 1.44. The molecule has 2 amide bonds. The molecule has 12 nitrogen and oxygen atoms in total. The first-order valence-corrected chi connectivity index (χ1v) is 19.7. The van der Waals surface area contributed by atoms with Gasteiger partial charge in [-0.25, -0.2) is 4.72 Å². The molecule has 1 aromatic carbocycles. The first kappa shape index (κ1) is 35.6. The number of fused-ring (bicyclic) bond motifs is 6. The quantitative estimate of drug-likeness (QED) is 0.435. The normalized spacial score (nSPS) is 26.8. The fraction of sp³-hybridized carbons (Fsp3) is 0.579. The predicted molar refractivity (Wildman–Crippen MR) is 197 cm³/mol. The third-order valence-corrected chi connectivity index (χ3v) is 13.4. The van der Waals surface area contributed by atoms with Gasteiger partial charge < -0.3 is 14.2 Å². The van der Waals surface area contributed by atoms with Crippen molar-refractivity contribution in [1.82, 2.24) is 23.4 Å². The summed E-state index contributed by atoms with van der Waals surface area (Å²) in [6, 6.07) is 5.02. The number of ketones is 1. The molecule has 2 aromatic rings. The summed E-state index contributed by atoms with van der Waals surface area (Å²) < 4.78 is 36.9. The van der Waals surface area contributed by atoms with Crippen LogP contribution in [0.2, 0.25) is 0 Å². The van der Waals surface area contributed by atoms with E-state index in [1.165, 1.54) is 26.1 Å². The molecule has 1 aromatic heterocycles. The van der Waals surface area contributed by atoms with Crippen LogP contribution in [0.1, 0.15) is 80.9 Å². The zero-order valence-corrected chi connectivity index (χ0v) is 31.3. The lowest BCUT2D eigenvalue weighted by Gasteiger charge is -2.39. The topological polar surface area (TPSA) is 134 Å². The number of Topliss-reactive ketones (excluding diaryl/α,β-unsaturated/α-hetero) is 1. The molecule has 0 spiro atoms. The van der Waals surface area contributed by atoms with Crippen molar-refractivity contribution >= 4 is 51.1 Å². The highest BCUT2D eigenvalue weighted by atomic mass is 32.2. The van der Waals surface area contributed by atoms with Gasteiger partial charge in [-0.2, -0.15) is 12.7 Å². The van der Waals surface area contributed by atoms with E-state index in [0.717, 1.165) is 82.9 Å². The molecule has 2 saturated carbocycles. The van der Waals surface area contributed by atoms with E-state index in [9.17, 15) is 22.8 Å². The van der Waals surface area contributed by atoms with Gasteiger partial charge in [0.15, 0.2) is 11.8 Å². The zero-order valence-electron chi connectivity index (χ0n) is 30.5. The molecule has 5 atom stereocenters. The molecule has 1 N–H and O–H groups in total. The van der Waals surface area contributed by atoms with Gasteiger partial charge in [0, 0.05) is 69.1 Å². The van der Waals surface area contributed by atoms with Gasteiger partial charge in [-0.1, -0.05) is 30.9 Å². The highest BCUT2D eigenvalue weighted by molar-refractivity contribution is 7.87. The van der Waals surface area contributed by atoms with Gasteiger partial charge >= 0.3 is 10.2 Å². The summed E-state index contributed by atoms with van der Waals surface area (Å²) >= 11 is 0. The number of likely N-dealkylation sites (tertiary alicyclic amines) is 1. The van der Waals surface area contributed by atoms with Gasteiger partial charge in [0.1, 0.15) is 5.75 Å². The number of aromatic nitrogens is 1. The van der Waals surface area contributed by atoms with Crippen LogP contribution in [0.15, 0.2) is 39.9 Å². The smallest absolute Gasteiger partial charge is 0.303 e. The molecule has 274 valence electrons. The molecular weight excluding hydrogens is 669 g/mol. The maximum absolute atomic E-state index is 14.5. The number of amides is 2. The van der Waals surface area contributed by atoms with E-state index in [1.807, 2.05) is 19.3 Å². The second-order valence-electron chi connectivity index (χ2n) is 15.3. The lowest BCUT2D eigenvalue weighted by atomic mass is 9.66. The van der Waals surface area contributed by atoms with Crippen molar-refractivity contribution in [2.45, 2.75) is 81.7 Å². The Bertz CT molecular complexity index is 1970. The number of carbonyl (C=O) groups is 3. The van der Waals surface area contributed by atoms with E-state index in [0.29, 0.717) is 24.3 Å². The maximum Gasteiger partial charge on any atom is 0.303 e. The van der Waals surface area contributed by atoms with Gasteiger partial charge in [0.05, 0.1) is 24.6 Å². The predicted octanol–water partition coefficient (Wildman–Crippen LogP) is 4.09. The standard InChI is InChI=1S/C38H50N6O6S/c1-41(2)38(47)27-17-24-25(18-26(27)36(45)31-13-10-16-43(31)5)32-19-28-33(50-6)15-14-23(22-11-8-7-9-12-22)35(28)44(32)21-30-29(24)20-39-34(30)37(46)40-51(48,49)42(3)4/h14-15,19-22,25-27,31,34H,7-13,16-18H2,1-6H3,(H,40,46)/t25-,26?,27-,31+,34?/m1/s1. The summed E-state index contributed by atoms with van der Waals surface area (Å²) in [5, 5.41) is 0.954. The summed E-state index contributed by atoms with van der Waals surface area (Å²) in [6.45, 7) is 0.850. The van der Waals surface area contributed by atoms with E-state index in [1.54, 1.807) is 32.3 Å². The van der Waals surface area contributed by atoms with Crippen LogP contribution >= 0.6 is 0 Å². The van der Waals surface area contributed by atoms with E-state index in [-0.39, 0.29) is 23.7 Å². The van der Waals surface area contributed by atoms with Crippen LogP contribution in [-0.4, -0.2) is 112 Å². The third kappa shape index (κ3) is 6.14. The van der Waals surface area contributed by atoms with Crippen molar-refractivity contribution in [3.8, 4) is 5.75 Å². The van der Waals surface area contributed by atoms with Gasteiger partial charge in [-0.05, 0) is 81.3 Å². The second kappa shape index (κ2) is 13.6. The first-order valence-electron chi connectivity index (χ1n) is 18.2. The number of aliphatic imine (C=N–C) groups is 1. The Morgan fingerprint density at radius 1 is 1.00 bits per heavy atom. The number of likely N-dealkylation sites (N-methyl/N-ethyl adjacent to an activating group) is 1. The summed E-state index contributed by atoms with van der Waals surface area (Å²) in [4.78, 5) is 50.6. The minimum Gasteiger partial charge on any atom is -0.496 e. The largest absolute Gasteiger partial charge is 0.496 e. The van der Waals surface area contributed by atoms with E-state index < -0.39 is 34.0 Å². The van der Waals surface area contributed by atoms with Crippen molar-refractivity contribution in [2.75, 3.05) is 48.9 Å². The fourth-order valence-electron chi connectivity index (χ4n) is 9.27. The molecular formula is C38H50N6O6S. The minimum atomic E-state index is -4.08. The molecule has 7 rings (SSSR count). The Labute approximate surface area is 300 Å². The van der Waals surface area contributed by atoms with Crippen molar-refractivity contribution in [2.24, 2.45) is 16.8 Å². The Kier molecular flexibility index (Phi) is 9.51. The summed E-state index contributed by atoms with van der Waals surface area (Å²) in [6.07, 6.45) is 11.8. The third-order valence-electron chi connectivity index (χ3n) is 12.0. The number of hydrogen-bond donors (Lipinski definition) is 1. The number of allylic oxidation sites excluding steroid dienone is 1. The summed E-state index contributed by atoms with van der Waals surface area (Å²) in [5.74, 6) is -0.988. The van der Waals surface area contributed by atoms with E-state index >= 15 is 0 Å². The van der Waals surface area contributed by atoms with E-state index in [2.05, 4.69) is 31.3 Å². The molecule has 0 radical (unpaired) electrons. The average molecular weight is 719 g/mol. The van der Waals surface area contributed by atoms with Crippen LogP contribution < -0.4 is 9.46 Å². The van der Waals surface area contributed by atoms with Gasteiger partial charge in [0.25, 0.3) is 5.91 Å². The van der Waals surface area contributed by atoms with Crippen LogP contribution in [-0.2, 0) is 24.6 Å². The SMILES string of the molecule is COc1ccc(C2CCCCC2)c2c1cc1n2C=C2C(=C3C[C@@H](C(=O)N(C)C)C(C(=O)[C@@H]4CCCN4C)C[C@H]31)C=NC2C(=O)NS(=O)(=O)N(C)C. The van der Waals surface area contributed by atoms with Crippen LogP contribution in [0.5, 0.6) is 5.75 Å². The number of carbonyl (C=O) groups excluding carboxylic acids is 3. The number of hydrogen-bond acceptors (Lipinski definition) is 8. The molecule has 5 aliphatic rings. The van der Waals surface area contributed by atoms with E-state index in [4.69, 9.17) is 4.74 Å². The highest BCUT2D eigenvalue weighted by Crippen LogP contribution is 2.52. The number of benzene rings is 1. The highest BCUT2D eigenvalue weighted by Gasteiger charge is 2.49. The van der Waals surface area contributed by atoms with Crippen LogP contribution in [0.25, 0.3) is 17.1 Å². The molecule has 13 heteroatoms. The van der Waals surface area contributed by atoms with Crippen LogP contribution in [0.3, 0.4) is 0 Å². The number of ether oxygens (including phenoxy) is 1. The lowest BCUT2D eigenvalue weighted by molar-refractivity contribution is -0.141. The summed E-state index contributed by atoms with van der Waals surface area (Å²) in [5.41, 5.74) is 5.44. The molecule has 51 heavy (non-hydrogen) atoms. The number of nitrogens with zero attached hydrogens (tertiary/aromatic N) is 5. The Morgan fingerprint density at radius 3 is 2.39 bits per heavy atom. The van der Waals surface area contributed by atoms with Crippen molar-refractivity contribution in [1.29, 1.82) is 0 Å². The molecule has 2 unspecified atom stereocenters. The van der Waals surface area contributed by atoms with Crippen LogP contribution in [0, 0.1) is 11.8 Å². The minimum absolute atomic E-state index is 0.0987. The summed E-state index contributed by atoms with van der Waals surface area (Å²) in [7, 11) is 5.76. The molecule has 3 fully saturated rings. The van der Waals surface area contributed by atoms with Crippen molar-refractivity contribution in [3.63, 3.8) is 0 Å². The molecule has 2 aliphatic carbocycles. The molecule has 4 heterocycles.